The number of hydrogen-bond donors (Lipinski definition) is 1. The third kappa shape index (κ3) is 1.68. The second-order valence-electron chi connectivity index (χ2n) is 9.06. The molecule has 0 aromatic heterocycles. The molecule has 7 atom stereocenters. The molecule has 6 bridgehead atoms. The van der Waals surface area contributed by atoms with E-state index < -0.39 is 0 Å². The van der Waals surface area contributed by atoms with Crippen LogP contribution in [0.5, 0.6) is 0 Å². The Kier molecular flexibility index (Phi) is 2.82. The molecule has 6 aliphatic heterocycles. The lowest BCUT2D eigenvalue weighted by Gasteiger charge is -2.70. The van der Waals surface area contributed by atoms with Crippen LogP contribution < -0.4 is 5.32 Å². The molecule has 0 aromatic carbocycles. The Morgan fingerprint density at radius 3 is 2.36 bits per heavy atom. The summed E-state index contributed by atoms with van der Waals surface area (Å²) in [7, 11) is 0. The van der Waals surface area contributed by atoms with Gasteiger partial charge in [-0.2, -0.15) is 0 Å². The van der Waals surface area contributed by atoms with E-state index in [1.165, 1.54) is 57.9 Å². The summed E-state index contributed by atoms with van der Waals surface area (Å²) in [4.78, 5) is 0. The molecular weight excluding hydrogens is 274 g/mol. The maximum absolute atomic E-state index is 6.10. The van der Waals surface area contributed by atoms with Crippen LogP contribution in [-0.4, -0.2) is 37.0 Å². The quantitative estimate of drug-likeness (QED) is 0.851. The summed E-state index contributed by atoms with van der Waals surface area (Å²) in [6.45, 7) is 1.29. The molecule has 3 nitrogen and oxygen atoms in total. The van der Waals surface area contributed by atoms with Gasteiger partial charge in [0.05, 0.1) is 24.4 Å². The van der Waals surface area contributed by atoms with Gasteiger partial charge in [0.25, 0.3) is 0 Å². The lowest BCUT2D eigenvalue weighted by molar-refractivity contribution is -0.395. The van der Waals surface area contributed by atoms with Crippen LogP contribution >= 0.6 is 0 Å². The fourth-order valence-corrected chi connectivity index (χ4v) is 6.90. The van der Waals surface area contributed by atoms with Crippen LogP contribution in [0.4, 0.5) is 0 Å². The Bertz CT molecular complexity index is 444. The van der Waals surface area contributed by atoms with Crippen molar-refractivity contribution in [3.63, 3.8) is 0 Å². The highest BCUT2D eigenvalue weighted by Gasteiger charge is 2.71. The number of hydrogen-bond acceptors (Lipinski definition) is 3. The molecule has 8 fully saturated rings. The summed E-state index contributed by atoms with van der Waals surface area (Å²) in [5.41, 5.74) is 0. The smallest absolute Gasteiger partial charge is 0.0692 e. The zero-order valence-electron chi connectivity index (χ0n) is 13.5. The van der Waals surface area contributed by atoms with E-state index in [1.54, 1.807) is 0 Å². The molecule has 22 heavy (non-hydrogen) atoms. The number of ether oxygens (including phenoxy) is 2. The Labute approximate surface area is 133 Å². The summed E-state index contributed by atoms with van der Waals surface area (Å²) < 4.78 is 12.0. The molecule has 0 spiro atoms. The van der Waals surface area contributed by atoms with Crippen molar-refractivity contribution >= 4 is 0 Å². The van der Waals surface area contributed by atoms with Crippen molar-refractivity contribution in [1.29, 1.82) is 0 Å². The van der Waals surface area contributed by atoms with Gasteiger partial charge in [-0.05, 0) is 63.3 Å². The van der Waals surface area contributed by atoms with Crippen LogP contribution in [0, 0.1) is 29.6 Å². The summed E-state index contributed by atoms with van der Waals surface area (Å²) in [5.74, 6) is 4.57. The first-order valence-electron chi connectivity index (χ1n) is 9.93. The van der Waals surface area contributed by atoms with Crippen LogP contribution in [0.15, 0.2) is 0 Å². The molecule has 1 N–H and O–H groups in total. The normalized spacial score (nSPS) is 62.2. The number of rotatable bonds is 2. The van der Waals surface area contributed by atoms with Gasteiger partial charge in [-0.15, -0.1) is 0 Å². The first-order valence-corrected chi connectivity index (χ1v) is 9.93. The van der Waals surface area contributed by atoms with E-state index >= 15 is 0 Å². The minimum absolute atomic E-state index is 0.614. The number of fused-ring (bicyclic) bond motifs is 5. The molecule has 0 aromatic rings. The molecule has 0 amide bonds. The van der Waals surface area contributed by atoms with Crippen molar-refractivity contribution in [3.8, 4) is 0 Å². The van der Waals surface area contributed by atoms with Crippen LogP contribution in [0.2, 0.25) is 0 Å². The van der Waals surface area contributed by atoms with Crippen molar-refractivity contribution in [2.45, 2.75) is 81.8 Å². The first-order chi connectivity index (χ1) is 10.9. The molecule has 3 heteroatoms. The molecule has 8 aliphatic rings. The van der Waals surface area contributed by atoms with E-state index in [0.29, 0.717) is 24.4 Å². The summed E-state index contributed by atoms with van der Waals surface area (Å²) >= 11 is 0. The van der Waals surface area contributed by atoms with E-state index in [0.717, 1.165) is 35.6 Å². The van der Waals surface area contributed by atoms with Crippen molar-refractivity contribution in [2.24, 2.45) is 29.6 Å². The van der Waals surface area contributed by atoms with Crippen LogP contribution in [0.3, 0.4) is 0 Å². The molecular formula is C19H29NO2. The van der Waals surface area contributed by atoms with E-state index in [4.69, 9.17) is 9.47 Å². The summed E-state index contributed by atoms with van der Waals surface area (Å²) in [6, 6.07) is 0.803. The first kappa shape index (κ1) is 13.2. The average molecular weight is 303 g/mol. The largest absolute Gasteiger partial charge is 0.374 e. The lowest BCUT2D eigenvalue weighted by Crippen LogP contribution is -2.77. The predicted molar refractivity (Wildman–Crippen MR) is 83.5 cm³/mol. The van der Waals surface area contributed by atoms with Crippen LogP contribution in [0.1, 0.15) is 51.4 Å². The third-order valence-electron chi connectivity index (χ3n) is 8.16. The average Bonchev–Trinajstić information content (AvgIpc) is 3.00. The molecule has 122 valence electrons. The van der Waals surface area contributed by atoms with Gasteiger partial charge < -0.3 is 14.8 Å². The zero-order chi connectivity index (χ0) is 14.3. The van der Waals surface area contributed by atoms with Crippen LogP contribution in [-0.2, 0) is 9.47 Å². The van der Waals surface area contributed by atoms with Gasteiger partial charge in [-0.25, -0.2) is 0 Å². The SMILES string of the molecule is C1CC2CCC(C3C4OC3C4C3C4CCC3O4)CC(C1)NC2. The second-order valence-corrected chi connectivity index (χ2v) is 9.06. The van der Waals surface area contributed by atoms with Gasteiger partial charge in [-0.3, -0.25) is 0 Å². The maximum atomic E-state index is 6.10. The lowest BCUT2D eigenvalue weighted by atomic mass is 9.51. The Morgan fingerprint density at radius 1 is 0.727 bits per heavy atom. The highest BCUT2D eigenvalue weighted by atomic mass is 16.6. The predicted octanol–water partition coefficient (Wildman–Crippen LogP) is 2.74. The highest BCUT2D eigenvalue weighted by Crippen LogP contribution is 2.64. The van der Waals surface area contributed by atoms with Crippen molar-refractivity contribution in [2.75, 3.05) is 6.54 Å². The van der Waals surface area contributed by atoms with Gasteiger partial charge in [-0.1, -0.05) is 6.42 Å². The molecule has 6 saturated heterocycles. The van der Waals surface area contributed by atoms with Gasteiger partial charge in [0.2, 0.25) is 0 Å². The van der Waals surface area contributed by atoms with Gasteiger partial charge in [0.1, 0.15) is 0 Å². The van der Waals surface area contributed by atoms with Gasteiger partial charge >= 0.3 is 0 Å². The molecule has 0 radical (unpaired) electrons. The zero-order valence-corrected chi connectivity index (χ0v) is 13.5. The van der Waals surface area contributed by atoms with Crippen LogP contribution in [0.25, 0.3) is 0 Å². The van der Waals surface area contributed by atoms with Gasteiger partial charge in [0, 0.05) is 23.8 Å². The Hall–Kier alpha value is -0.120. The summed E-state index contributed by atoms with van der Waals surface area (Å²) in [6.07, 6.45) is 13.8. The monoisotopic (exact) mass is 303 g/mol. The van der Waals surface area contributed by atoms with E-state index in [9.17, 15) is 0 Å². The van der Waals surface area contributed by atoms with E-state index in [2.05, 4.69) is 5.32 Å². The second kappa shape index (κ2) is 4.70. The number of nitrogens with one attached hydrogen (secondary N) is 1. The molecule has 6 heterocycles. The fraction of sp³-hybridized carbons (Fsp3) is 1.00. The minimum Gasteiger partial charge on any atom is -0.374 e. The van der Waals surface area contributed by atoms with Gasteiger partial charge in [0.15, 0.2) is 0 Å². The Balaban J connectivity index is 1.15. The molecule has 2 saturated carbocycles. The van der Waals surface area contributed by atoms with Crippen molar-refractivity contribution < 1.29 is 9.47 Å². The van der Waals surface area contributed by atoms with E-state index in [1.807, 2.05) is 0 Å². The third-order valence-corrected chi connectivity index (χ3v) is 8.16. The highest BCUT2D eigenvalue weighted by molar-refractivity contribution is 5.18. The standard InChI is InChI=1S/C19H29NO2/c1-2-10-4-5-11(8-12(3-1)20-9-10)15-18-17(19(15)22-18)16-13-6-7-14(16)21-13/h10-20H,1-9H2. The van der Waals surface area contributed by atoms with Crippen molar-refractivity contribution in [3.05, 3.63) is 0 Å². The topological polar surface area (TPSA) is 30.5 Å². The molecule has 7 unspecified atom stereocenters. The Morgan fingerprint density at radius 2 is 1.59 bits per heavy atom. The fourth-order valence-electron chi connectivity index (χ4n) is 6.90. The van der Waals surface area contributed by atoms with E-state index in [-0.39, 0.29) is 0 Å². The minimum atomic E-state index is 0.614. The maximum Gasteiger partial charge on any atom is 0.0692 e. The molecule has 2 aliphatic carbocycles. The summed E-state index contributed by atoms with van der Waals surface area (Å²) in [5, 5.41) is 3.87. The molecule has 8 rings (SSSR count). The van der Waals surface area contributed by atoms with Crippen molar-refractivity contribution in [1.82, 2.24) is 5.32 Å².